The molecule has 0 spiro atoms. The first kappa shape index (κ1) is 20.0. The molecule has 148 valence electrons. The van der Waals surface area contributed by atoms with Crippen LogP contribution in [0.4, 0.5) is 0 Å². The number of nitrogens with zero attached hydrogens (tertiary/aromatic N) is 3. The predicted octanol–water partition coefficient (Wildman–Crippen LogP) is 3.75. The van der Waals surface area contributed by atoms with Crippen LogP contribution in [0.25, 0.3) is 0 Å². The highest BCUT2D eigenvalue weighted by molar-refractivity contribution is 7.97. The van der Waals surface area contributed by atoms with Crippen molar-refractivity contribution in [1.82, 2.24) is 14.3 Å². The fourth-order valence-electron chi connectivity index (χ4n) is 4.42. The van der Waals surface area contributed by atoms with Crippen molar-refractivity contribution in [3.63, 3.8) is 0 Å². The maximum atomic E-state index is 11.3. The van der Waals surface area contributed by atoms with E-state index in [1.54, 1.807) is 0 Å². The normalized spacial score (nSPS) is 24.9. The summed E-state index contributed by atoms with van der Waals surface area (Å²) in [7, 11) is 0. The first-order chi connectivity index (χ1) is 12.6. The number of hydrogen-bond donors (Lipinski definition) is 1. The molecule has 6 heteroatoms. The van der Waals surface area contributed by atoms with Crippen molar-refractivity contribution in [3.8, 4) is 0 Å². The smallest absolute Gasteiger partial charge is 0.233 e. The highest BCUT2D eigenvalue weighted by Crippen LogP contribution is 2.38. The summed E-state index contributed by atoms with van der Waals surface area (Å²) in [6.45, 7) is 10.6. The zero-order valence-corrected chi connectivity index (χ0v) is 17.1. The summed E-state index contributed by atoms with van der Waals surface area (Å²) in [6.07, 6.45) is 9.89. The SMILES string of the molecule is C=C(C1CCC1)N1CCC(CSN2CCC(CC)CC2)(N(O)C=O)CC1. The molecule has 0 aromatic rings. The van der Waals surface area contributed by atoms with Gasteiger partial charge in [0.2, 0.25) is 6.41 Å². The lowest BCUT2D eigenvalue weighted by Crippen LogP contribution is -2.56. The van der Waals surface area contributed by atoms with E-state index >= 15 is 0 Å². The maximum Gasteiger partial charge on any atom is 0.233 e. The van der Waals surface area contributed by atoms with Crippen molar-refractivity contribution in [1.29, 1.82) is 0 Å². The third-order valence-electron chi connectivity index (χ3n) is 6.93. The third-order valence-corrected chi connectivity index (χ3v) is 8.33. The Labute approximate surface area is 162 Å². The van der Waals surface area contributed by atoms with Crippen LogP contribution in [0, 0.1) is 11.8 Å². The minimum atomic E-state index is -0.440. The average molecular weight is 382 g/mol. The molecule has 0 aromatic carbocycles. The van der Waals surface area contributed by atoms with Gasteiger partial charge in [0.15, 0.2) is 0 Å². The van der Waals surface area contributed by atoms with E-state index in [1.165, 1.54) is 44.2 Å². The predicted molar refractivity (Wildman–Crippen MR) is 107 cm³/mol. The number of amides is 1. The summed E-state index contributed by atoms with van der Waals surface area (Å²) in [4.78, 5) is 13.7. The van der Waals surface area contributed by atoms with E-state index in [2.05, 4.69) is 22.7 Å². The Balaban J connectivity index is 1.53. The summed E-state index contributed by atoms with van der Waals surface area (Å²) < 4.78 is 2.44. The van der Waals surface area contributed by atoms with Crippen molar-refractivity contribution < 1.29 is 10.0 Å². The highest BCUT2D eigenvalue weighted by Gasteiger charge is 2.41. The van der Waals surface area contributed by atoms with E-state index in [-0.39, 0.29) is 0 Å². The number of carbonyl (C=O) groups is 1. The van der Waals surface area contributed by atoms with Crippen molar-refractivity contribution >= 4 is 18.4 Å². The lowest BCUT2D eigenvalue weighted by atomic mass is 9.81. The lowest BCUT2D eigenvalue weighted by Gasteiger charge is -2.47. The van der Waals surface area contributed by atoms with Gasteiger partial charge in [0.25, 0.3) is 0 Å². The van der Waals surface area contributed by atoms with Gasteiger partial charge in [-0.25, -0.2) is 5.06 Å². The van der Waals surface area contributed by atoms with Crippen LogP contribution in [0.1, 0.15) is 58.3 Å². The van der Waals surface area contributed by atoms with Crippen LogP contribution < -0.4 is 0 Å². The molecule has 0 unspecified atom stereocenters. The molecule has 1 saturated carbocycles. The second kappa shape index (κ2) is 8.98. The van der Waals surface area contributed by atoms with E-state index in [0.29, 0.717) is 12.3 Å². The van der Waals surface area contributed by atoms with Gasteiger partial charge in [-0.05, 0) is 50.4 Å². The first-order valence-corrected chi connectivity index (χ1v) is 11.3. The van der Waals surface area contributed by atoms with Gasteiger partial charge < -0.3 is 4.90 Å². The first-order valence-electron chi connectivity index (χ1n) is 10.3. The Hall–Kier alpha value is -0.720. The number of rotatable bonds is 8. The number of likely N-dealkylation sites (tertiary alicyclic amines) is 1. The van der Waals surface area contributed by atoms with E-state index in [4.69, 9.17) is 0 Å². The second-order valence-electron chi connectivity index (χ2n) is 8.33. The number of hydroxylamine groups is 2. The highest BCUT2D eigenvalue weighted by atomic mass is 32.2. The Kier molecular flexibility index (Phi) is 6.92. The summed E-state index contributed by atoms with van der Waals surface area (Å²) in [5.41, 5.74) is 0.833. The Morgan fingerprint density at radius 1 is 1.23 bits per heavy atom. The Morgan fingerprint density at radius 2 is 1.88 bits per heavy atom. The van der Waals surface area contributed by atoms with Gasteiger partial charge in [-0.15, -0.1) is 0 Å². The molecule has 2 saturated heterocycles. The lowest BCUT2D eigenvalue weighted by molar-refractivity contribution is -0.182. The van der Waals surface area contributed by atoms with Crippen molar-refractivity contribution in [3.05, 3.63) is 12.3 Å². The summed E-state index contributed by atoms with van der Waals surface area (Å²) in [6, 6.07) is 0. The summed E-state index contributed by atoms with van der Waals surface area (Å²) in [5.74, 6) is 2.31. The molecule has 1 aliphatic carbocycles. The molecular formula is C20H35N3O2S. The second-order valence-corrected chi connectivity index (χ2v) is 9.40. The van der Waals surface area contributed by atoms with E-state index in [1.807, 2.05) is 11.9 Å². The topological polar surface area (TPSA) is 47.0 Å². The zero-order chi connectivity index (χ0) is 18.6. The largest absolute Gasteiger partial charge is 0.375 e. The minimum absolute atomic E-state index is 0.440. The van der Waals surface area contributed by atoms with Gasteiger partial charge in [-0.1, -0.05) is 38.3 Å². The van der Waals surface area contributed by atoms with Crippen LogP contribution in [-0.2, 0) is 4.79 Å². The maximum absolute atomic E-state index is 11.3. The van der Waals surface area contributed by atoms with E-state index < -0.39 is 5.54 Å². The van der Waals surface area contributed by atoms with E-state index in [9.17, 15) is 10.0 Å². The molecule has 0 aromatic heterocycles. The molecule has 0 bridgehead atoms. The van der Waals surface area contributed by atoms with Crippen LogP contribution >= 0.6 is 11.9 Å². The molecule has 1 N–H and O–H groups in total. The number of carbonyl (C=O) groups excluding carboxylic acids is 1. The Bertz CT molecular complexity index is 481. The minimum Gasteiger partial charge on any atom is -0.375 e. The van der Waals surface area contributed by atoms with E-state index in [0.717, 1.165) is 55.8 Å². The van der Waals surface area contributed by atoms with Gasteiger partial charge in [-0.3, -0.25) is 14.3 Å². The van der Waals surface area contributed by atoms with Crippen molar-refractivity contribution in [2.24, 2.45) is 11.8 Å². The quantitative estimate of drug-likeness (QED) is 0.300. The van der Waals surface area contributed by atoms with Gasteiger partial charge >= 0.3 is 0 Å². The molecule has 2 aliphatic heterocycles. The fraction of sp³-hybridized carbons (Fsp3) is 0.850. The van der Waals surface area contributed by atoms with Crippen LogP contribution in [0.15, 0.2) is 12.3 Å². The molecular weight excluding hydrogens is 346 g/mol. The molecule has 3 aliphatic rings. The fourth-order valence-corrected chi connectivity index (χ4v) is 5.73. The average Bonchev–Trinajstić information content (AvgIpc) is 2.65. The van der Waals surface area contributed by atoms with Crippen LogP contribution in [0.5, 0.6) is 0 Å². The van der Waals surface area contributed by atoms with Gasteiger partial charge in [0.1, 0.15) is 0 Å². The van der Waals surface area contributed by atoms with Crippen LogP contribution in [0.2, 0.25) is 0 Å². The van der Waals surface area contributed by atoms with Crippen molar-refractivity contribution in [2.75, 3.05) is 31.9 Å². The molecule has 1 amide bonds. The summed E-state index contributed by atoms with van der Waals surface area (Å²) in [5, 5.41) is 11.3. The molecule has 2 heterocycles. The van der Waals surface area contributed by atoms with Crippen LogP contribution in [0.3, 0.4) is 0 Å². The van der Waals surface area contributed by atoms with Crippen LogP contribution in [-0.4, -0.2) is 63.4 Å². The molecule has 26 heavy (non-hydrogen) atoms. The van der Waals surface area contributed by atoms with Gasteiger partial charge in [-0.2, -0.15) is 0 Å². The van der Waals surface area contributed by atoms with Gasteiger partial charge in [0.05, 0.1) is 5.54 Å². The Morgan fingerprint density at radius 3 is 2.38 bits per heavy atom. The molecule has 0 radical (unpaired) electrons. The number of piperidine rings is 2. The number of allylic oxidation sites excluding steroid dienone is 1. The molecule has 3 fully saturated rings. The molecule has 3 rings (SSSR count). The van der Waals surface area contributed by atoms with Crippen molar-refractivity contribution in [2.45, 2.75) is 63.8 Å². The molecule has 0 atom stereocenters. The number of hydrogen-bond acceptors (Lipinski definition) is 5. The third kappa shape index (κ3) is 4.39. The molecule has 5 nitrogen and oxygen atoms in total. The monoisotopic (exact) mass is 381 g/mol. The van der Waals surface area contributed by atoms with Gasteiger partial charge in [0, 0.05) is 37.6 Å². The summed E-state index contributed by atoms with van der Waals surface area (Å²) >= 11 is 1.82. The standard InChI is InChI=1S/C20H35N3O2S/c1-3-18-7-11-22(12-8-18)26-15-20(23(25)16-24)9-13-21(14-10-20)17(2)19-5-4-6-19/h16,18-19,25H,2-15H2,1H3. The zero-order valence-electron chi connectivity index (χ0n) is 16.2.